The summed E-state index contributed by atoms with van der Waals surface area (Å²) in [5, 5.41) is 0.937. The molecule has 1 aromatic heterocycles. The van der Waals surface area contributed by atoms with E-state index in [1.54, 1.807) is 6.33 Å². The lowest BCUT2D eigenvalue weighted by Crippen LogP contribution is -2.30. The Hall–Kier alpha value is -0.640. The Morgan fingerprint density at radius 3 is 2.77 bits per heavy atom. The molecule has 0 bridgehead atoms. The molecule has 0 fully saturated rings. The highest BCUT2D eigenvalue weighted by atomic mass is 79.9. The van der Waals surface area contributed by atoms with Gasteiger partial charge >= 0.3 is 0 Å². The maximum absolute atomic E-state index is 4.20. The largest absolute Gasteiger partial charge is 0.356 e. The zero-order chi connectivity index (χ0) is 9.84. The van der Waals surface area contributed by atoms with Crippen LogP contribution in [0.25, 0.3) is 0 Å². The third-order valence-corrected chi connectivity index (χ3v) is 2.97. The molecule has 0 N–H and O–H groups in total. The van der Waals surface area contributed by atoms with Crippen LogP contribution >= 0.6 is 15.9 Å². The molecular weight excluding hydrogens is 230 g/mol. The molecule has 0 spiro atoms. The van der Waals surface area contributed by atoms with E-state index in [1.807, 2.05) is 20.0 Å². The van der Waals surface area contributed by atoms with Gasteiger partial charge in [-0.05, 0) is 13.8 Å². The van der Waals surface area contributed by atoms with Crippen molar-refractivity contribution in [2.24, 2.45) is 0 Å². The molecule has 1 atom stereocenters. The highest BCUT2D eigenvalue weighted by molar-refractivity contribution is 9.09. The highest BCUT2D eigenvalue weighted by Crippen LogP contribution is 2.12. The van der Waals surface area contributed by atoms with Crippen molar-refractivity contribution in [2.75, 3.05) is 17.3 Å². The van der Waals surface area contributed by atoms with Gasteiger partial charge in [-0.3, -0.25) is 0 Å². The molecule has 3 nitrogen and oxygen atoms in total. The van der Waals surface area contributed by atoms with E-state index in [1.165, 1.54) is 0 Å². The van der Waals surface area contributed by atoms with Crippen LogP contribution in [0, 0.1) is 6.92 Å². The minimum atomic E-state index is 0.439. The van der Waals surface area contributed by atoms with Gasteiger partial charge < -0.3 is 4.90 Å². The fraction of sp³-hybridized carbons (Fsp3) is 0.556. The zero-order valence-electron chi connectivity index (χ0n) is 8.16. The number of rotatable bonds is 3. The Morgan fingerprint density at radius 2 is 2.23 bits per heavy atom. The molecule has 0 aliphatic rings. The predicted octanol–water partition coefficient (Wildman–Crippen LogP) is 2.00. The lowest BCUT2D eigenvalue weighted by atomic mass is 10.3. The molecule has 0 radical (unpaired) electrons. The molecule has 1 heterocycles. The number of anilines is 1. The van der Waals surface area contributed by atoms with Crippen molar-refractivity contribution in [3.63, 3.8) is 0 Å². The van der Waals surface area contributed by atoms with Crippen LogP contribution in [-0.4, -0.2) is 28.4 Å². The van der Waals surface area contributed by atoms with Crippen molar-refractivity contribution < 1.29 is 0 Å². The SMILES string of the molecule is Cc1cc(N(C)C(C)CBr)ncn1. The molecule has 4 heteroatoms. The number of hydrogen-bond donors (Lipinski definition) is 0. The first-order valence-electron chi connectivity index (χ1n) is 4.22. The van der Waals surface area contributed by atoms with E-state index >= 15 is 0 Å². The van der Waals surface area contributed by atoms with Gasteiger partial charge in [-0.2, -0.15) is 0 Å². The summed E-state index contributed by atoms with van der Waals surface area (Å²) in [6, 6.07) is 2.42. The number of alkyl halides is 1. The summed E-state index contributed by atoms with van der Waals surface area (Å²) in [5.74, 6) is 0.972. The second-order valence-electron chi connectivity index (χ2n) is 3.13. The summed E-state index contributed by atoms with van der Waals surface area (Å²) >= 11 is 3.45. The first-order chi connectivity index (χ1) is 6.15. The van der Waals surface area contributed by atoms with Crippen molar-refractivity contribution >= 4 is 21.7 Å². The van der Waals surface area contributed by atoms with Crippen LogP contribution in [0.4, 0.5) is 5.82 Å². The van der Waals surface area contributed by atoms with Crippen LogP contribution in [0.15, 0.2) is 12.4 Å². The summed E-state index contributed by atoms with van der Waals surface area (Å²) in [4.78, 5) is 10.4. The van der Waals surface area contributed by atoms with Gasteiger partial charge in [-0.25, -0.2) is 9.97 Å². The van der Waals surface area contributed by atoms with Gasteiger partial charge in [-0.15, -0.1) is 0 Å². The van der Waals surface area contributed by atoms with Crippen LogP contribution in [0.5, 0.6) is 0 Å². The van der Waals surface area contributed by atoms with Gasteiger partial charge in [0.25, 0.3) is 0 Å². The van der Waals surface area contributed by atoms with E-state index in [-0.39, 0.29) is 0 Å². The predicted molar refractivity (Wildman–Crippen MR) is 58.4 cm³/mol. The van der Waals surface area contributed by atoms with Crippen molar-refractivity contribution in [3.05, 3.63) is 18.1 Å². The Balaban J connectivity index is 2.82. The minimum Gasteiger partial charge on any atom is -0.356 e. The first-order valence-corrected chi connectivity index (χ1v) is 5.34. The average Bonchev–Trinajstić information content (AvgIpc) is 2.15. The average molecular weight is 244 g/mol. The normalized spacial score (nSPS) is 12.6. The quantitative estimate of drug-likeness (QED) is 0.761. The smallest absolute Gasteiger partial charge is 0.132 e. The fourth-order valence-electron chi connectivity index (χ4n) is 0.963. The third kappa shape index (κ3) is 2.66. The molecule has 0 saturated heterocycles. The van der Waals surface area contributed by atoms with E-state index in [9.17, 15) is 0 Å². The van der Waals surface area contributed by atoms with E-state index in [2.05, 4.69) is 37.7 Å². The lowest BCUT2D eigenvalue weighted by Gasteiger charge is -2.24. The standard InChI is InChI=1S/C9H14BrN3/c1-7-4-9(12-6-11-7)13(3)8(2)5-10/h4,6,8H,5H2,1-3H3. The molecule has 0 aliphatic heterocycles. The van der Waals surface area contributed by atoms with Gasteiger partial charge in [-0.1, -0.05) is 15.9 Å². The van der Waals surface area contributed by atoms with Gasteiger partial charge in [0.15, 0.2) is 0 Å². The summed E-state index contributed by atoms with van der Waals surface area (Å²) in [7, 11) is 2.04. The Bertz CT molecular complexity index is 277. The zero-order valence-corrected chi connectivity index (χ0v) is 9.74. The van der Waals surface area contributed by atoms with Gasteiger partial charge in [0, 0.05) is 30.2 Å². The molecule has 13 heavy (non-hydrogen) atoms. The van der Waals surface area contributed by atoms with Crippen LogP contribution in [0.2, 0.25) is 0 Å². The summed E-state index contributed by atoms with van der Waals surface area (Å²) in [6.07, 6.45) is 1.60. The van der Waals surface area contributed by atoms with Gasteiger partial charge in [0.2, 0.25) is 0 Å². The topological polar surface area (TPSA) is 29.0 Å². The summed E-state index contributed by atoms with van der Waals surface area (Å²) < 4.78 is 0. The molecule has 0 aliphatic carbocycles. The maximum Gasteiger partial charge on any atom is 0.132 e. The summed E-state index contributed by atoms with van der Waals surface area (Å²) in [6.45, 7) is 4.12. The van der Waals surface area contributed by atoms with Gasteiger partial charge in [0.05, 0.1) is 0 Å². The second kappa shape index (κ2) is 4.56. The van der Waals surface area contributed by atoms with Crippen molar-refractivity contribution in [1.29, 1.82) is 0 Å². The van der Waals surface area contributed by atoms with Crippen LogP contribution in [0.3, 0.4) is 0 Å². The molecule has 0 aromatic carbocycles. The minimum absolute atomic E-state index is 0.439. The number of nitrogens with zero attached hydrogens (tertiary/aromatic N) is 3. The molecule has 0 saturated carbocycles. The monoisotopic (exact) mass is 243 g/mol. The molecule has 1 aromatic rings. The van der Waals surface area contributed by atoms with Crippen molar-refractivity contribution in [3.8, 4) is 0 Å². The second-order valence-corrected chi connectivity index (χ2v) is 3.78. The molecule has 72 valence electrons. The fourth-order valence-corrected chi connectivity index (χ4v) is 1.40. The van der Waals surface area contributed by atoms with Crippen molar-refractivity contribution in [1.82, 2.24) is 9.97 Å². The van der Waals surface area contributed by atoms with E-state index in [0.717, 1.165) is 16.8 Å². The van der Waals surface area contributed by atoms with Crippen molar-refractivity contribution in [2.45, 2.75) is 19.9 Å². The van der Waals surface area contributed by atoms with Crippen LogP contribution in [0.1, 0.15) is 12.6 Å². The van der Waals surface area contributed by atoms with E-state index in [4.69, 9.17) is 0 Å². The highest BCUT2D eigenvalue weighted by Gasteiger charge is 2.09. The summed E-state index contributed by atoms with van der Waals surface area (Å²) in [5.41, 5.74) is 0.999. The lowest BCUT2D eigenvalue weighted by molar-refractivity contribution is 0.754. The number of aryl methyl sites for hydroxylation is 1. The maximum atomic E-state index is 4.20. The number of halogens is 1. The van der Waals surface area contributed by atoms with Crippen LogP contribution < -0.4 is 4.90 Å². The van der Waals surface area contributed by atoms with Gasteiger partial charge in [0.1, 0.15) is 12.1 Å². The molecule has 0 amide bonds. The van der Waals surface area contributed by atoms with Crippen LogP contribution in [-0.2, 0) is 0 Å². The van der Waals surface area contributed by atoms with E-state index < -0.39 is 0 Å². The Morgan fingerprint density at radius 1 is 1.54 bits per heavy atom. The Labute approximate surface area is 87.3 Å². The third-order valence-electron chi connectivity index (χ3n) is 2.04. The number of hydrogen-bond acceptors (Lipinski definition) is 3. The van der Waals surface area contributed by atoms with E-state index in [0.29, 0.717) is 6.04 Å². The first kappa shape index (κ1) is 10.4. The molecule has 1 rings (SSSR count). The molecule has 1 unspecified atom stereocenters. The Kier molecular flexibility index (Phi) is 3.66. The molecular formula is C9H14BrN3. The number of aromatic nitrogens is 2.